The lowest BCUT2D eigenvalue weighted by atomic mass is 10.2. The van der Waals surface area contributed by atoms with Gasteiger partial charge in [-0.3, -0.25) is 9.48 Å². The van der Waals surface area contributed by atoms with Crippen molar-refractivity contribution in [3.8, 4) is 0 Å². The summed E-state index contributed by atoms with van der Waals surface area (Å²) in [5, 5.41) is 8.18. The van der Waals surface area contributed by atoms with Crippen LogP contribution in [-0.4, -0.2) is 65.3 Å². The fraction of sp³-hybridized carbons (Fsp3) is 0.750. The molecule has 6 nitrogen and oxygen atoms in total. The fourth-order valence-electron chi connectivity index (χ4n) is 2.41. The topological polar surface area (TPSA) is 53.4 Å². The smallest absolute Gasteiger partial charge is 0.276 e. The average Bonchev–Trinajstić information content (AvgIpc) is 2.92. The number of carbonyl (C=O) groups is 1. The molecule has 0 aliphatic carbocycles. The third-order valence-corrected chi connectivity index (χ3v) is 4.26. The molecule has 1 saturated heterocycles. The van der Waals surface area contributed by atoms with Crippen molar-refractivity contribution in [2.24, 2.45) is 0 Å². The van der Waals surface area contributed by atoms with E-state index >= 15 is 0 Å². The summed E-state index contributed by atoms with van der Waals surface area (Å²) < 4.78 is 1.84. The van der Waals surface area contributed by atoms with E-state index in [-0.39, 0.29) is 5.91 Å². The number of rotatable bonds is 5. The molecular weight excluding hydrogens is 314 g/mol. The second-order valence-electron chi connectivity index (χ2n) is 5.30. The van der Waals surface area contributed by atoms with E-state index in [4.69, 9.17) is 11.6 Å². The molecule has 2 heterocycles. The molecule has 0 aromatic carbocycles. The molecule has 1 aromatic heterocycles. The number of aromatic nitrogens is 2. The van der Waals surface area contributed by atoms with Crippen molar-refractivity contribution >= 4 is 17.5 Å². The number of hydrogen-bond acceptors (Lipinski definition) is 4. The number of amides is 1. The summed E-state index contributed by atoms with van der Waals surface area (Å²) in [5.74, 6) is -0.0610. The van der Waals surface area contributed by atoms with Crippen LogP contribution in [0, 0.1) is 0 Å². The molecule has 0 unspecified atom stereocenters. The van der Waals surface area contributed by atoms with Gasteiger partial charge in [0.15, 0.2) is 5.69 Å². The van der Waals surface area contributed by atoms with Gasteiger partial charge in [0.05, 0.1) is 10.7 Å². The summed E-state index contributed by atoms with van der Waals surface area (Å²) in [5.41, 5.74) is 1.31. The first kappa shape index (κ1) is 19.9. The molecule has 132 valence electrons. The maximum Gasteiger partial charge on any atom is 0.276 e. The van der Waals surface area contributed by atoms with Gasteiger partial charge in [-0.25, -0.2) is 0 Å². The molecule has 7 heteroatoms. The number of aryl methyl sites for hydroxylation is 1. The van der Waals surface area contributed by atoms with E-state index in [0.29, 0.717) is 36.9 Å². The number of nitrogens with zero attached hydrogens (tertiary/aromatic N) is 4. The summed E-state index contributed by atoms with van der Waals surface area (Å²) in [4.78, 5) is 16.5. The highest BCUT2D eigenvalue weighted by atomic mass is 35.5. The van der Waals surface area contributed by atoms with Gasteiger partial charge in [-0.15, -0.1) is 0 Å². The number of carbonyl (C=O) groups excluding carboxylic acids is 1. The summed E-state index contributed by atoms with van der Waals surface area (Å²) in [6.45, 7) is 13.5. The molecule has 1 N–H and O–H groups in total. The maximum atomic E-state index is 12.6. The first-order chi connectivity index (χ1) is 11.1. The van der Waals surface area contributed by atoms with Gasteiger partial charge in [0.1, 0.15) is 0 Å². The van der Waals surface area contributed by atoms with Crippen LogP contribution in [0.5, 0.6) is 0 Å². The first-order valence-corrected chi connectivity index (χ1v) is 8.90. The van der Waals surface area contributed by atoms with Crippen LogP contribution >= 0.6 is 11.6 Å². The quantitative estimate of drug-likeness (QED) is 0.889. The predicted octanol–water partition coefficient (Wildman–Crippen LogP) is 2.08. The highest BCUT2D eigenvalue weighted by molar-refractivity contribution is 6.34. The van der Waals surface area contributed by atoms with E-state index in [1.807, 2.05) is 37.4 Å². The maximum absolute atomic E-state index is 12.6. The van der Waals surface area contributed by atoms with Gasteiger partial charge in [-0.2, -0.15) is 5.10 Å². The van der Waals surface area contributed by atoms with Gasteiger partial charge >= 0.3 is 0 Å². The van der Waals surface area contributed by atoms with Gasteiger partial charge in [0.25, 0.3) is 5.91 Å². The zero-order chi connectivity index (χ0) is 17.4. The first-order valence-electron chi connectivity index (χ1n) is 8.52. The Balaban J connectivity index is 0.00000127. The SMILES string of the molecule is CC.CCN(C)Cc1c(Cl)c(C(=O)N2CCNCC2)nn1CC. The van der Waals surface area contributed by atoms with Gasteiger partial charge in [0.2, 0.25) is 0 Å². The van der Waals surface area contributed by atoms with Crippen LogP contribution < -0.4 is 5.32 Å². The monoisotopic (exact) mass is 343 g/mol. The molecule has 0 spiro atoms. The molecular formula is C16H30ClN5O. The Labute approximate surface area is 144 Å². The van der Waals surface area contributed by atoms with E-state index < -0.39 is 0 Å². The highest BCUT2D eigenvalue weighted by Crippen LogP contribution is 2.23. The Kier molecular flexibility index (Phi) is 8.58. The number of hydrogen-bond donors (Lipinski definition) is 1. The number of halogens is 1. The Morgan fingerprint density at radius 2 is 1.91 bits per heavy atom. The Hall–Kier alpha value is -1.11. The summed E-state index contributed by atoms with van der Waals surface area (Å²) in [6.07, 6.45) is 0. The normalized spacial score (nSPS) is 14.7. The van der Waals surface area contributed by atoms with Crippen molar-refractivity contribution in [2.45, 2.75) is 40.8 Å². The molecule has 1 aromatic rings. The van der Waals surface area contributed by atoms with Crippen molar-refractivity contribution < 1.29 is 4.79 Å². The summed E-state index contributed by atoms with van der Waals surface area (Å²) in [7, 11) is 2.03. The van der Waals surface area contributed by atoms with Crippen molar-refractivity contribution in [2.75, 3.05) is 39.8 Å². The summed E-state index contributed by atoms with van der Waals surface area (Å²) >= 11 is 6.45. The second kappa shape index (κ2) is 9.90. The van der Waals surface area contributed by atoms with Crippen molar-refractivity contribution in [3.05, 3.63) is 16.4 Å². The van der Waals surface area contributed by atoms with Crippen molar-refractivity contribution in [3.63, 3.8) is 0 Å². The van der Waals surface area contributed by atoms with E-state index in [9.17, 15) is 4.79 Å². The molecule has 23 heavy (non-hydrogen) atoms. The van der Waals surface area contributed by atoms with E-state index in [2.05, 4.69) is 22.2 Å². The Morgan fingerprint density at radius 1 is 1.30 bits per heavy atom. The third-order valence-electron chi connectivity index (χ3n) is 3.86. The second-order valence-corrected chi connectivity index (χ2v) is 5.68. The standard InChI is InChI=1S/C14H24ClN5O.C2H6/c1-4-18(3)10-11-12(15)13(17-20(11)5-2)14(21)19-8-6-16-7-9-19;1-2/h16H,4-10H2,1-3H3;1-2H3. The molecule has 1 fully saturated rings. The molecule has 1 aliphatic rings. The van der Waals surface area contributed by atoms with Gasteiger partial charge in [-0.05, 0) is 20.5 Å². The van der Waals surface area contributed by atoms with Crippen LogP contribution in [0.2, 0.25) is 5.02 Å². The zero-order valence-corrected chi connectivity index (χ0v) is 15.8. The molecule has 2 rings (SSSR count). The van der Waals surface area contributed by atoms with Crippen LogP contribution in [0.1, 0.15) is 43.9 Å². The average molecular weight is 344 g/mol. The molecule has 0 bridgehead atoms. The lowest BCUT2D eigenvalue weighted by molar-refractivity contribution is 0.0729. The van der Waals surface area contributed by atoms with E-state index in [1.165, 1.54) is 0 Å². The molecule has 0 saturated carbocycles. The van der Waals surface area contributed by atoms with Crippen molar-refractivity contribution in [1.82, 2.24) is 24.9 Å². The van der Waals surface area contributed by atoms with Crippen LogP contribution in [0.4, 0.5) is 0 Å². The van der Waals surface area contributed by atoms with E-state index in [1.54, 1.807) is 0 Å². The highest BCUT2D eigenvalue weighted by Gasteiger charge is 2.26. The molecule has 1 amide bonds. The lowest BCUT2D eigenvalue weighted by Gasteiger charge is -2.26. The van der Waals surface area contributed by atoms with Crippen LogP contribution in [0.15, 0.2) is 0 Å². The van der Waals surface area contributed by atoms with Crippen LogP contribution in [-0.2, 0) is 13.1 Å². The number of piperazine rings is 1. The minimum Gasteiger partial charge on any atom is -0.335 e. The van der Waals surface area contributed by atoms with Gasteiger partial charge in [-0.1, -0.05) is 32.4 Å². The fourth-order valence-corrected chi connectivity index (χ4v) is 2.69. The molecule has 0 atom stereocenters. The third kappa shape index (κ3) is 4.93. The molecule has 0 radical (unpaired) electrons. The minimum atomic E-state index is -0.0610. The van der Waals surface area contributed by atoms with Gasteiger partial charge in [0, 0.05) is 39.3 Å². The van der Waals surface area contributed by atoms with Crippen LogP contribution in [0.25, 0.3) is 0 Å². The Morgan fingerprint density at radius 3 is 2.43 bits per heavy atom. The predicted molar refractivity (Wildman–Crippen MR) is 95.0 cm³/mol. The lowest BCUT2D eigenvalue weighted by Crippen LogP contribution is -2.46. The minimum absolute atomic E-state index is 0.0610. The number of nitrogens with one attached hydrogen (secondary N) is 1. The zero-order valence-electron chi connectivity index (χ0n) is 15.0. The summed E-state index contributed by atoms with van der Waals surface area (Å²) in [6, 6.07) is 0. The van der Waals surface area contributed by atoms with Crippen molar-refractivity contribution in [1.29, 1.82) is 0 Å². The van der Waals surface area contributed by atoms with Crippen LogP contribution in [0.3, 0.4) is 0 Å². The Bertz CT molecular complexity index is 497. The molecule has 1 aliphatic heterocycles. The van der Waals surface area contributed by atoms with Gasteiger partial charge < -0.3 is 15.1 Å². The van der Waals surface area contributed by atoms with E-state index in [0.717, 1.165) is 25.3 Å². The largest absolute Gasteiger partial charge is 0.335 e.